The Hall–Kier alpha value is -1.23. The lowest BCUT2D eigenvalue weighted by Crippen LogP contribution is -2.29. The zero-order valence-corrected chi connectivity index (χ0v) is 12.8. The Morgan fingerprint density at radius 1 is 1.44 bits per heavy atom. The topological polar surface area (TPSA) is 61.8 Å². The summed E-state index contributed by atoms with van der Waals surface area (Å²) in [4.78, 5) is 2.18. The van der Waals surface area contributed by atoms with Crippen LogP contribution in [0.15, 0.2) is 27.8 Å². The van der Waals surface area contributed by atoms with Crippen LogP contribution in [0.4, 0.5) is 5.69 Å². The highest BCUT2D eigenvalue weighted by molar-refractivity contribution is 9.10. The molecule has 0 aliphatic heterocycles. The molecule has 18 heavy (non-hydrogen) atoms. The van der Waals surface area contributed by atoms with Crippen LogP contribution in [0.1, 0.15) is 26.3 Å². The summed E-state index contributed by atoms with van der Waals surface area (Å²) in [5, 5.41) is 11.7. The quantitative estimate of drug-likeness (QED) is 0.390. The van der Waals surface area contributed by atoms with Crippen molar-refractivity contribution in [3.8, 4) is 0 Å². The molecular formula is C13H20BrN3O. The predicted octanol–water partition coefficient (Wildman–Crippen LogP) is 3.03. The number of rotatable bonds is 3. The molecule has 4 nitrogen and oxygen atoms in total. The molecule has 0 aliphatic rings. The number of anilines is 1. The van der Waals surface area contributed by atoms with Crippen molar-refractivity contribution in [2.75, 3.05) is 18.5 Å². The molecule has 0 saturated carbocycles. The largest absolute Gasteiger partial charge is 0.409 e. The van der Waals surface area contributed by atoms with Crippen molar-refractivity contribution >= 4 is 27.5 Å². The van der Waals surface area contributed by atoms with Crippen LogP contribution in [0.5, 0.6) is 0 Å². The van der Waals surface area contributed by atoms with E-state index in [9.17, 15) is 0 Å². The molecule has 0 unspecified atom stereocenters. The van der Waals surface area contributed by atoms with E-state index in [1.54, 1.807) is 0 Å². The van der Waals surface area contributed by atoms with Gasteiger partial charge in [0.1, 0.15) is 0 Å². The number of benzene rings is 1. The molecule has 0 amide bonds. The van der Waals surface area contributed by atoms with Gasteiger partial charge in [-0.25, -0.2) is 0 Å². The van der Waals surface area contributed by atoms with Gasteiger partial charge in [0.05, 0.1) is 0 Å². The Morgan fingerprint density at radius 2 is 2.06 bits per heavy atom. The lowest BCUT2D eigenvalue weighted by molar-refractivity contribution is 0.318. The fourth-order valence-corrected chi connectivity index (χ4v) is 2.38. The maximum Gasteiger partial charge on any atom is 0.171 e. The lowest BCUT2D eigenvalue weighted by Gasteiger charge is -2.28. The minimum absolute atomic E-state index is 0.104. The van der Waals surface area contributed by atoms with Crippen molar-refractivity contribution in [1.29, 1.82) is 0 Å². The third-order valence-electron chi connectivity index (χ3n) is 2.49. The van der Waals surface area contributed by atoms with Gasteiger partial charge in [-0.05, 0) is 39.5 Å². The first-order valence-corrected chi connectivity index (χ1v) is 6.52. The van der Waals surface area contributed by atoms with Crippen LogP contribution in [0.25, 0.3) is 0 Å². The molecule has 0 fully saturated rings. The Morgan fingerprint density at radius 3 is 2.50 bits per heavy atom. The standard InChI is InChI=1S/C13H20BrN3O/c1-13(2,3)8-17(4)9-5-6-10(11(14)7-9)12(15)16-18/h5-7,18H,8H2,1-4H3,(H2,15,16). The van der Waals surface area contributed by atoms with Crippen LogP contribution in [0.2, 0.25) is 0 Å². The van der Waals surface area contributed by atoms with Crippen molar-refractivity contribution in [2.45, 2.75) is 20.8 Å². The van der Waals surface area contributed by atoms with Crippen LogP contribution in [-0.4, -0.2) is 24.6 Å². The van der Waals surface area contributed by atoms with Gasteiger partial charge < -0.3 is 15.8 Å². The van der Waals surface area contributed by atoms with Crippen LogP contribution < -0.4 is 10.6 Å². The minimum atomic E-state index is 0.104. The highest BCUT2D eigenvalue weighted by atomic mass is 79.9. The van der Waals surface area contributed by atoms with E-state index >= 15 is 0 Å². The number of amidine groups is 1. The number of oxime groups is 1. The van der Waals surface area contributed by atoms with Gasteiger partial charge in [-0.2, -0.15) is 0 Å². The molecular weight excluding hydrogens is 294 g/mol. The van der Waals surface area contributed by atoms with Crippen molar-refractivity contribution < 1.29 is 5.21 Å². The SMILES string of the molecule is CN(CC(C)(C)C)c1ccc(/C(N)=N/O)c(Br)c1. The van der Waals surface area contributed by atoms with Gasteiger partial charge in [0.2, 0.25) is 0 Å². The van der Waals surface area contributed by atoms with Crippen LogP contribution in [0, 0.1) is 5.41 Å². The second-order valence-electron chi connectivity index (χ2n) is 5.57. The van der Waals surface area contributed by atoms with Gasteiger partial charge >= 0.3 is 0 Å². The van der Waals surface area contributed by atoms with E-state index in [0.717, 1.165) is 16.7 Å². The van der Waals surface area contributed by atoms with Gasteiger partial charge in [0.25, 0.3) is 0 Å². The molecule has 0 bridgehead atoms. The number of nitrogens with zero attached hydrogens (tertiary/aromatic N) is 2. The number of halogens is 1. The summed E-state index contributed by atoms with van der Waals surface area (Å²) in [5.74, 6) is 0.104. The molecule has 3 N–H and O–H groups in total. The van der Waals surface area contributed by atoms with E-state index in [4.69, 9.17) is 10.9 Å². The van der Waals surface area contributed by atoms with Crippen molar-refractivity contribution in [3.05, 3.63) is 28.2 Å². The van der Waals surface area contributed by atoms with E-state index < -0.39 is 0 Å². The van der Waals surface area contributed by atoms with E-state index in [2.05, 4.69) is 53.8 Å². The first-order valence-electron chi connectivity index (χ1n) is 5.73. The Balaban J connectivity index is 2.98. The molecule has 1 aromatic carbocycles. The zero-order valence-electron chi connectivity index (χ0n) is 11.2. The molecule has 0 aromatic heterocycles. The van der Waals surface area contributed by atoms with Crippen LogP contribution >= 0.6 is 15.9 Å². The molecule has 0 atom stereocenters. The molecule has 0 radical (unpaired) electrons. The minimum Gasteiger partial charge on any atom is -0.409 e. The lowest BCUT2D eigenvalue weighted by atomic mass is 9.96. The normalized spacial score (nSPS) is 12.6. The highest BCUT2D eigenvalue weighted by Gasteiger charge is 2.15. The molecule has 1 aromatic rings. The van der Waals surface area contributed by atoms with Crippen molar-refractivity contribution in [3.63, 3.8) is 0 Å². The van der Waals surface area contributed by atoms with Crippen molar-refractivity contribution in [2.24, 2.45) is 16.3 Å². The third kappa shape index (κ3) is 3.91. The van der Waals surface area contributed by atoms with Gasteiger partial charge in [0.15, 0.2) is 5.84 Å². The summed E-state index contributed by atoms with van der Waals surface area (Å²) in [6, 6.07) is 5.77. The summed E-state index contributed by atoms with van der Waals surface area (Å²) in [6.07, 6.45) is 0. The Labute approximate surface area is 117 Å². The molecule has 0 saturated heterocycles. The van der Waals surface area contributed by atoms with Crippen LogP contribution in [0.3, 0.4) is 0 Å². The van der Waals surface area contributed by atoms with Gasteiger partial charge in [0, 0.05) is 29.3 Å². The summed E-state index contributed by atoms with van der Waals surface area (Å²) < 4.78 is 0.816. The molecule has 5 heteroatoms. The van der Waals surface area contributed by atoms with Crippen molar-refractivity contribution in [1.82, 2.24) is 0 Å². The maximum absolute atomic E-state index is 8.68. The van der Waals surface area contributed by atoms with Gasteiger partial charge in [-0.1, -0.05) is 25.9 Å². The molecule has 0 heterocycles. The van der Waals surface area contributed by atoms with E-state index in [0.29, 0.717) is 5.56 Å². The molecule has 0 spiro atoms. The number of nitrogens with two attached hydrogens (primary N) is 1. The monoisotopic (exact) mass is 313 g/mol. The first-order chi connectivity index (χ1) is 8.24. The highest BCUT2D eigenvalue weighted by Crippen LogP contribution is 2.25. The average Bonchev–Trinajstić information content (AvgIpc) is 2.25. The number of hydrogen-bond donors (Lipinski definition) is 2. The van der Waals surface area contributed by atoms with Gasteiger partial charge in [-0.3, -0.25) is 0 Å². The Kier molecular flexibility index (Phi) is 4.62. The van der Waals surface area contributed by atoms with E-state index in [1.165, 1.54) is 0 Å². The Bertz CT molecular complexity index is 452. The zero-order chi connectivity index (χ0) is 13.9. The fraction of sp³-hybridized carbons (Fsp3) is 0.462. The smallest absolute Gasteiger partial charge is 0.171 e. The average molecular weight is 314 g/mol. The predicted molar refractivity (Wildman–Crippen MR) is 79.4 cm³/mol. The summed E-state index contributed by atoms with van der Waals surface area (Å²) in [7, 11) is 2.05. The third-order valence-corrected chi connectivity index (χ3v) is 3.14. The second kappa shape index (κ2) is 5.61. The van der Waals surface area contributed by atoms with Crippen LogP contribution in [-0.2, 0) is 0 Å². The molecule has 0 aliphatic carbocycles. The molecule has 100 valence electrons. The van der Waals surface area contributed by atoms with Gasteiger partial charge in [-0.15, -0.1) is 0 Å². The summed E-state index contributed by atoms with van der Waals surface area (Å²) >= 11 is 3.44. The molecule has 1 rings (SSSR count). The summed E-state index contributed by atoms with van der Waals surface area (Å²) in [6.45, 7) is 7.54. The van der Waals surface area contributed by atoms with E-state index in [-0.39, 0.29) is 11.3 Å². The summed E-state index contributed by atoms with van der Waals surface area (Å²) in [5.41, 5.74) is 7.58. The first kappa shape index (κ1) is 14.8. The van der Waals surface area contributed by atoms with E-state index in [1.807, 2.05) is 18.2 Å². The fourth-order valence-electron chi connectivity index (χ4n) is 1.81. The maximum atomic E-state index is 8.68. The second-order valence-corrected chi connectivity index (χ2v) is 6.42. The number of hydrogen-bond acceptors (Lipinski definition) is 3.